The number of nitrogens with zero attached hydrogens (tertiary/aromatic N) is 1. The first-order valence-corrected chi connectivity index (χ1v) is 12.8. The molecule has 1 aliphatic carbocycles. The first kappa shape index (κ1) is 23.1. The highest BCUT2D eigenvalue weighted by molar-refractivity contribution is 7.92. The van der Waals surface area contributed by atoms with Crippen LogP contribution in [0.5, 0.6) is 0 Å². The SMILES string of the molecule is Cc1ccc(N(CC(=O)N[C@H](C)c2ccc3c(c2)CCC3)S(=O)(=O)c2ccccc2)c(C)c1. The molecule has 0 aliphatic heterocycles. The third-order valence-electron chi connectivity index (χ3n) is 6.24. The smallest absolute Gasteiger partial charge is 0.264 e. The Morgan fingerprint density at radius 3 is 2.42 bits per heavy atom. The van der Waals surface area contributed by atoms with Crippen LogP contribution in [0.15, 0.2) is 71.6 Å². The van der Waals surface area contributed by atoms with E-state index in [0.717, 1.165) is 29.5 Å². The molecule has 0 spiro atoms. The van der Waals surface area contributed by atoms with E-state index in [4.69, 9.17) is 0 Å². The lowest BCUT2D eigenvalue weighted by Crippen LogP contribution is -2.42. The Morgan fingerprint density at radius 2 is 1.70 bits per heavy atom. The zero-order valence-electron chi connectivity index (χ0n) is 19.3. The summed E-state index contributed by atoms with van der Waals surface area (Å²) >= 11 is 0. The molecule has 0 saturated heterocycles. The standard InChI is InChI=1S/C27H30N2O3S/c1-19-12-15-26(20(2)16-19)29(33(31,32)25-10-5-4-6-11-25)18-27(30)28-21(3)23-14-13-22-8-7-9-24(22)17-23/h4-6,10-17,21H,7-9,18H2,1-3H3,(H,28,30)/t21-/m1/s1. The average molecular weight is 463 g/mol. The van der Waals surface area contributed by atoms with Crippen LogP contribution in [-0.2, 0) is 27.7 Å². The molecule has 1 atom stereocenters. The van der Waals surface area contributed by atoms with E-state index in [2.05, 4.69) is 23.5 Å². The Hall–Kier alpha value is -3.12. The summed E-state index contributed by atoms with van der Waals surface area (Å²) in [5.41, 5.74) is 6.10. The van der Waals surface area contributed by atoms with Gasteiger partial charge in [-0.3, -0.25) is 9.10 Å². The summed E-state index contributed by atoms with van der Waals surface area (Å²) in [6, 6.07) is 19.9. The van der Waals surface area contributed by atoms with Crippen molar-refractivity contribution in [3.63, 3.8) is 0 Å². The van der Waals surface area contributed by atoms with Crippen LogP contribution in [-0.4, -0.2) is 20.9 Å². The van der Waals surface area contributed by atoms with Crippen molar-refractivity contribution in [2.24, 2.45) is 0 Å². The fourth-order valence-corrected chi connectivity index (χ4v) is 5.97. The van der Waals surface area contributed by atoms with Gasteiger partial charge in [0.25, 0.3) is 10.0 Å². The predicted molar refractivity (Wildman–Crippen MR) is 132 cm³/mol. The van der Waals surface area contributed by atoms with E-state index < -0.39 is 10.0 Å². The lowest BCUT2D eigenvalue weighted by Gasteiger charge is -2.26. The molecule has 5 nitrogen and oxygen atoms in total. The van der Waals surface area contributed by atoms with Crippen molar-refractivity contribution < 1.29 is 13.2 Å². The van der Waals surface area contributed by atoms with Crippen LogP contribution in [0.1, 0.15) is 47.2 Å². The molecule has 6 heteroatoms. The van der Waals surface area contributed by atoms with Crippen molar-refractivity contribution >= 4 is 21.6 Å². The van der Waals surface area contributed by atoms with E-state index in [9.17, 15) is 13.2 Å². The number of hydrogen-bond acceptors (Lipinski definition) is 3. The summed E-state index contributed by atoms with van der Waals surface area (Å²) in [5.74, 6) is -0.345. The lowest BCUT2D eigenvalue weighted by atomic mass is 10.0. The Morgan fingerprint density at radius 1 is 0.970 bits per heavy atom. The second-order valence-corrected chi connectivity index (χ2v) is 10.6. The number of nitrogens with one attached hydrogen (secondary N) is 1. The lowest BCUT2D eigenvalue weighted by molar-refractivity contribution is -0.120. The van der Waals surface area contributed by atoms with Gasteiger partial charge in [-0.15, -0.1) is 0 Å². The molecule has 1 amide bonds. The highest BCUT2D eigenvalue weighted by Gasteiger charge is 2.28. The molecule has 3 aromatic carbocycles. The second kappa shape index (κ2) is 9.40. The molecule has 0 unspecified atom stereocenters. The maximum absolute atomic E-state index is 13.5. The number of benzene rings is 3. The van der Waals surface area contributed by atoms with Crippen LogP contribution in [0.2, 0.25) is 0 Å². The Balaban J connectivity index is 1.60. The molecular formula is C27H30N2O3S. The van der Waals surface area contributed by atoms with Gasteiger partial charge in [0, 0.05) is 0 Å². The number of carbonyl (C=O) groups is 1. The quantitative estimate of drug-likeness (QED) is 0.545. The van der Waals surface area contributed by atoms with Gasteiger partial charge in [0.05, 0.1) is 16.6 Å². The molecule has 3 aromatic rings. The normalized spacial score (nSPS) is 13.9. The minimum absolute atomic E-state index is 0.157. The fourth-order valence-electron chi connectivity index (χ4n) is 4.47. The molecule has 172 valence electrons. The van der Waals surface area contributed by atoms with Crippen LogP contribution < -0.4 is 9.62 Å². The van der Waals surface area contributed by atoms with E-state index in [1.54, 1.807) is 36.4 Å². The summed E-state index contributed by atoms with van der Waals surface area (Å²) in [6.45, 7) is 5.46. The van der Waals surface area contributed by atoms with Crippen molar-refractivity contribution in [1.29, 1.82) is 0 Å². The largest absolute Gasteiger partial charge is 0.348 e. The number of sulfonamides is 1. The number of rotatable bonds is 7. The van der Waals surface area contributed by atoms with Gasteiger partial charge in [-0.2, -0.15) is 0 Å². The first-order valence-electron chi connectivity index (χ1n) is 11.3. The summed E-state index contributed by atoms with van der Waals surface area (Å²) in [5, 5.41) is 3.00. The molecule has 1 aliphatic rings. The highest BCUT2D eigenvalue weighted by Crippen LogP contribution is 2.28. The van der Waals surface area contributed by atoms with E-state index in [1.165, 1.54) is 21.9 Å². The molecule has 0 saturated carbocycles. The van der Waals surface area contributed by atoms with Crippen molar-refractivity contribution in [2.45, 2.75) is 51.0 Å². The summed E-state index contributed by atoms with van der Waals surface area (Å²) in [7, 11) is -3.92. The minimum Gasteiger partial charge on any atom is -0.348 e. The van der Waals surface area contributed by atoms with Crippen molar-refractivity contribution in [1.82, 2.24) is 5.32 Å². The van der Waals surface area contributed by atoms with E-state index in [-0.39, 0.29) is 23.4 Å². The number of amides is 1. The Kier molecular flexibility index (Phi) is 6.56. The number of aryl methyl sites for hydroxylation is 4. The average Bonchev–Trinajstić information content (AvgIpc) is 3.26. The summed E-state index contributed by atoms with van der Waals surface area (Å²) in [6.07, 6.45) is 3.35. The van der Waals surface area contributed by atoms with E-state index in [1.807, 2.05) is 32.9 Å². The first-order chi connectivity index (χ1) is 15.8. The molecule has 1 N–H and O–H groups in total. The number of fused-ring (bicyclic) bond motifs is 1. The molecule has 0 bridgehead atoms. The minimum atomic E-state index is -3.92. The fraction of sp³-hybridized carbons (Fsp3) is 0.296. The maximum Gasteiger partial charge on any atom is 0.264 e. The van der Waals surface area contributed by atoms with Crippen LogP contribution in [0, 0.1) is 13.8 Å². The molecule has 33 heavy (non-hydrogen) atoms. The van der Waals surface area contributed by atoms with Gasteiger partial charge in [-0.25, -0.2) is 8.42 Å². The van der Waals surface area contributed by atoms with E-state index in [0.29, 0.717) is 5.69 Å². The molecular weight excluding hydrogens is 432 g/mol. The predicted octanol–water partition coefficient (Wildman–Crippen LogP) is 4.86. The van der Waals surface area contributed by atoms with Crippen molar-refractivity contribution in [2.75, 3.05) is 10.8 Å². The highest BCUT2D eigenvalue weighted by atomic mass is 32.2. The van der Waals surface area contributed by atoms with Gasteiger partial charge < -0.3 is 5.32 Å². The zero-order chi connectivity index (χ0) is 23.6. The van der Waals surface area contributed by atoms with Crippen molar-refractivity contribution in [3.05, 3.63) is 94.5 Å². The van der Waals surface area contributed by atoms with Gasteiger partial charge >= 0.3 is 0 Å². The van der Waals surface area contributed by atoms with Crippen LogP contribution >= 0.6 is 0 Å². The third-order valence-corrected chi connectivity index (χ3v) is 8.01. The summed E-state index contributed by atoms with van der Waals surface area (Å²) < 4.78 is 28.3. The van der Waals surface area contributed by atoms with Gasteiger partial charge in [-0.1, -0.05) is 54.1 Å². The molecule has 0 aromatic heterocycles. The molecule has 4 rings (SSSR count). The van der Waals surface area contributed by atoms with Crippen LogP contribution in [0.25, 0.3) is 0 Å². The van der Waals surface area contributed by atoms with Gasteiger partial charge in [0.15, 0.2) is 0 Å². The van der Waals surface area contributed by atoms with Crippen LogP contribution in [0.3, 0.4) is 0 Å². The Labute approximate surface area is 196 Å². The van der Waals surface area contributed by atoms with E-state index >= 15 is 0 Å². The number of carbonyl (C=O) groups excluding carboxylic acids is 1. The third kappa shape index (κ3) is 4.96. The molecule has 0 fully saturated rings. The topological polar surface area (TPSA) is 66.5 Å². The van der Waals surface area contributed by atoms with Crippen molar-refractivity contribution in [3.8, 4) is 0 Å². The monoisotopic (exact) mass is 462 g/mol. The summed E-state index contributed by atoms with van der Waals surface area (Å²) in [4.78, 5) is 13.2. The molecule has 0 heterocycles. The van der Waals surface area contributed by atoms with Gasteiger partial charge in [0.2, 0.25) is 5.91 Å². The Bertz CT molecular complexity index is 1270. The molecule has 0 radical (unpaired) electrons. The van der Waals surface area contributed by atoms with Gasteiger partial charge in [-0.05, 0) is 80.5 Å². The zero-order valence-corrected chi connectivity index (χ0v) is 20.2. The maximum atomic E-state index is 13.5. The number of anilines is 1. The van der Waals surface area contributed by atoms with Crippen LogP contribution in [0.4, 0.5) is 5.69 Å². The van der Waals surface area contributed by atoms with Gasteiger partial charge in [0.1, 0.15) is 6.54 Å². The second-order valence-electron chi connectivity index (χ2n) is 8.79. The number of hydrogen-bond donors (Lipinski definition) is 1.